The van der Waals surface area contributed by atoms with Crippen LogP contribution in [0.3, 0.4) is 0 Å². The van der Waals surface area contributed by atoms with E-state index < -0.39 is 10.8 Å². The number of nitro groups is 1. The fraction of sp³-hybridized carbons (Fsp3) is 0.231. The Morgan fingerprint density at radius 1 is 1.09 bits per heavy atom. The van der Waals surface area contributed by atoms with Crippen LogP contribution in [0.15, 0.2) is 66.7 Å². The molecule has 3 aromatic rings. The molecule has 0 aromatic heterocycles. The van der Waals surface area contributed by atoms with Crippen LogP contribution in [0.4, 0.5) is 17.1 Å². The Morgan fingerprint density at radius 3 is 2.46 bits per heavy atom. The van der Waals surface area contributed by atoms with Crippen molar-refractivity contribution in [3.8, 4) is 0 Å². The van der Waals surface area contributed by atoms with E-state index >= 15 is 0 Å². The summed E-state index contributed by atoms with van der Waals surface area (Å²) in [5.74, 6) is -0.274. The van der Waals surface area contributed by atoms with Gasteiger partial charge in [-0.25, -0.2) is 0 Å². The summed E-state index contributed by atoms with van der Waals surface area (Å²) >= 11 is 6.16. The predicted molar refractivity (Wildman–Crippen MR) is 136 cm³/mol. The molecule has 0 aliphatic heterocycles. The molecule has 1 unspecified atom stereocenters. The molecule has 8 nitrogen and oxygen atoms in total. The highest BCUT2D eigenvalue weighted by Crippen LogP contribution is 2.30. The number of nitrogens with zero attached hydrogens (tertiary/aromatic N) is 1. The number of carbonyl (C=O) groups is 2. The van der Waals surface area contributed by atoms with Gasteiger partial charge in [0.25, 0.3) is 11.6 Å². The van der Waals surface area contributed by atoms with Crippen molar-refractivity contribution in [3.63, 3.8) is 0 Å². The zero-order valence-corrected chi connectivity index (χ0v) is 19.8. The molecule has 0 radical (unpaired) electrons. The van der Waals surface area contributed by atoms with Crippen LogP contribution in [0.25, 0.3) is 0 Å². The van der Waals surface area contributed by atoms with Crippen molar-refractivity contribution < 1.29 is 14.5 Å². The number of hydrogen-bond acceptors (Lipinski definition) is 5. The molecule has 0 saturated heterocycles. The van der Waals surface area contributed by atoms with Gasteiger partial charge >= 0.3 is 0 Å². The summed E-state index contributed by atoms with van der Waals surface area (Å²) in [5, 5.41) is 21.0. The number of nitrogens with one attached hydrogen (secondary N) is 3. The largest absolute Gasteiger partial charge is 0.375 e. The molecule has 0 heterocycles. The van der Waals surface area contributed by atoms with Gasteiger partial charge in [0.2, 0.25) is 5.91 Å². The van der Waals surface area contributed by atoms with Gasteiger partial charge in [0, 0.05) is 34.8 Å². The van der Waals surface area contributed by atoms with Crippen LogP contribution in [-0.4, -0.2) is 16.7 Å². The van der Waals surface area contributed by atoms with Crippen LogP contribution in [-0.2, 0) is 11.3 Å². The van der Waals surface area contributed by atoms with Crippen molar-refractivity contribution >= 4 is 40.5 Å². The lowest BCUT2D eigenvalue weighted by Crippen LogP contribution is -2.26. The molecule has 1 saturated carbocycles. The van der Waals surface area contributed by atoms with E-state index in [9.17, 15) is 19.7 Å². The maximum atomic E-state index is 12.8. The topological polar surface area (TPSA) is 113 Å². The Labute approximate surface area is 207 Å². The molecule has 9 heteroatoms. The van der Waals surface area contributed by atoms with E-state index in [1.54, 1.807) is 24.3 Å². The summed E-state index contributed by atoms with van der Waals surface area (Å²) in [4.78, 5) is 35.8. The van der Waals surface area contributed by atoms with Crippen LogP contribution < -0.4 is 16.0 Å². The van der Waals surface area contributed by atoms with Gasteiger partial charge in [-0.2, -0.15) is 0 Å². The average Bonchev–Trinajstić information content (AvgIpc) is 3.69. The molecule has 1 fully saturated rings. The summed E-state index contributed by atoms with van der Waals surface area (Å²) in [5.41, 5.74) is 2.63. The van der Waals surface area contributed by atoms with E-state index in [2.05, 4.69) is 16.0 Å². The first-order valence-electron chi connectivity index (χ1n) is 11.3. The van der Waals surface area contributed by atoms with Gasteiger partial charge in [0.15, 0.2) is 0 Å². The van der Waals surface area contributed by atoms with Crippen molar-refractivity contribution in [3.05, 3.63) is 98.6 Å². The van der Waals surface area contributed by atoms with Crippen LogP contribution in [0.2, 0.25) is 5.02 Å². The number of halogens is 1. The van der Waals surface area contributed by atoms with E-state index in [-0.39, 0.29) is 29.1 Å². The van der Waals surface area contributed by atoms with Gasteiger partial charge in [0.1, 0.15) is 5.69 Å². The molecule has 1 atom stereocenters. The molecule has 4 rings (SSSR count). The molecule has 0 bridgehead atoms. The minimum absolute atomic E-state index is 0.0329. The third-order valence-corrected chi connectivity index (χ3v) is 6.23. The molecular formula is C26H25ClN4O4. The lowest BCUT2D eigenvalue weighted by molar-refractivity contribution is -0.384. The Bertz CT molecular complexity index is 1260. The summed E-state index contributed by atoms with van der Waals surface area (Å²) < 4.78 is 0. The molecule has 3 N–H and O–H groups in total. The smallest absolute Gasteiger partial charge is 0.293 e. The molecule has 2 amide bonds. The number of amides is 2. The molecule has 180 valence electrons. The summed E-state index contributed by atoms with van der Waals surface area (Å²) in [6, 6.07) is 18.5. The second kappa shape index (κ2) is 10.6. The second-order valence-corrected chi connectivity index (χ2v) is 8.92. The van der Waals surface area contributed by atoms with Gasteiger partial charge in [-0.15, -0.1) is 0 Å². The van der Waals surface area contributed by atoms with Crippen LogP contribution in [0.1, 0.15) is 47.3 Å². The fourth-order valence-electron chi connectivity index (χ4n) is 3.61. The van der Waals surface area contributed by atoms with E-state index in [4.69, 9.17) is 11.6 Å². The third-order valence-electron chi connectivity index (χ3n) is 5.86. The molecule has 3 aromatic carbocycles. The Hall–Kier alpha value is -3.91. The number of anilines is 2. The van der Waals surface area contributed by atoms with Crippen molar-refractivity contribution in [2.24, 2.45) is 5.92 Å². The molecular weight excluding hydrogens is 468 g/mol. The number of hydrogen-bond donors (Lipinski definition) is 3. The first kappa shape index (κ1) is 24.2. The number of rotatable bonds is 9. The Balaban J connectivity index is 1.41. The number of benzene rings is 3. The minimum atomic E-state index is -0.524. The lowest BCUT2D eigenvalue weighted by Gasteiger charge is -2.16. The Morgan fingerprint density at radius 2 is 1.80 bits per heavy atom. The summed E-state index contributed by atoms with van der Waals surface area (Å²) in [6.45, 7) is 2.13. The fourth-order valence-corrected chi connectivity index (χ4v) is 3.82. The zero-order chi connectivity index (χ0) is 24.9. The summed E-state index contributed by atoms with van der Waals surface area (Å²) in [7, 11) is 0. The van der Waals surface area contributed by atoms with Gasteiger partial charge < -0.3 is 16.0 Å². The Kier molecular flexibility index (Phi) is 7.31. The van der Waals surface area contributed by atoms with Crippen LogP contribution >= 0.6 is 11.6 Å². The maximum absolute atomic E-state index is 12.8. The van der Waals surface area contributed by atoms with Gasteiger partial charge in [-0.3, -0.25) is 19.7 Å². The summed E-state index contributed by atoms with van der Waals surface area (Å²) in [6.07, 6.45) is 1.87. The van der Waals surface area contributed by atoms with Crippen LogP contribution in [0, 0.1) is 16.0 Å². The van der Waals surface area contributed by atoms with Crippen molar-refractivity contribution in [2.75, 3.05) is 10.6 Å². The van der Waals surface area contributed by atoms with Crippen molar-refractivity contribution in [2.45, 2.75) is 32.4 Å². The molecule has 1 aliphatic carbocycles. The van der Waals surface area contributed by atoms with Gasteiger partial charge in [-0.05, 0) is 61.2 Å². The maximum Gasteiger partial charge on any atom is 0.293 e. The monoisotopic (exact) mass is 492 g/mol. The van der Waals surface area contributed by atoms with Gasteiger partial charge in [-0.1, -0.05) is 41.9 Å². The van der Waals surface area contributed by atoms with Crippen LogP contribution in [0.5, 0.6) is 0 Å². The highest BCUT2D eigenvalue weighted by molar-refractivity contribution is 6.31. The van der Waals surface area contributed by atoms with E-state index in [1.165, 1.54) is 12.1 Å². The normalized spacial score (nSPS) is 13.5. The van der Waals surface area contributed by atoms with Gasteiger partial charge in [0.05, 0.1) is 11.0 Å². The highest BCUT2D eigenvalue weighted by atomic mass is 35.5. The zero-order valence-electron chi connectivity index (χ0n) is 19.1. The predicted octanol–water partition coefficient (Wildman–Crippen LogP) is 5.70. The average molecular weight is 493 g/mol. The molecule has 35 heavy (non-hydrogen) atoms. The minimum Gasteiger partial charge on any atom is -0.375 e. The van der Waals surface area contributed by atoms with Crippen molar-refractivity contribution in [1.82, 2.24) is 5.32 Å². The highest BCUT2D eigenvalue weighted by Gasteiger charge is 2.29. The van der Waals surface area contributed by atoms with E-state index in [1.807, 2.05) is 37.3 Å². The third kappa shape index (κ3) is 6.16. The standard InChI is InChI=1S/C26H25ClN4O4/c1-16(17-8-11-21(12-9-17)30-25(32)18-6-7-18)29-26(33)19-10-13-23(24(14-19)31(34)35)28-15-20-4-2-3-5-22(20)27/h2-5,8-14,16,18,28H,6-7,15H2,1H3,(H,29,33)(H,30,32). The first-order chi connectivity index (χ1) is 16.8. The lowest BCUT2D eigenvalue weighted by atomic mass is 10.1. The molecule has 1 aliphatic rings. The number of nitro benzene ring substituents is 1. The molecule has 0 spiro atoms. The second-order valence-electron chi connectivity index (χ2n) is 8.51. The van der Waals surface area contributed by atoms with Crippen molar-refractivity contribution in [1.29, 1.82) is 0 Å². The van der Waals surface area contributed by atoms with E-state index in [0.29, 0.717) is 22.9 Å². The SMILES string of the molecule is CC(NC(=O)c1ccc(NCc2ccccc2Cl)c([N+](=O)[O-])c1)c1ccc(NC(=O)C2CC2)cc1. The quantitative estimate of drug-likeness (QED) is 0.262. The van der Waals surface area contributed by atoms with E-state index in [0.717, 1.165) is 24.0 Å². The number of carbonyl (C=O) groups excluding carboxylic acids is 2. The first-order valence-corrected chi connectivity index (χ1v) is 11.7.